The van der Waals surface area contributed by atoms with Gasteiger partial charge in [-0.25, -0.2) is 4.79 Å². The molecule has 0 saturated carbocycles. The van der Waals surface area contributed by atoms with Crippen LogP contribution in [0, 0.1) is 13.8 Å². The Bertz CT molecular complexity index is 1140. The lowest BCUT2D eigenvalue weighted by Crippen LogP contribution is -2.42. The van der Waals surface area contributed by atoms with Crippen molar-refractivity contribution in [2.45, 2.75) is 26.3 Å². The zero-order valence-corrected chi connectivity index (χ0v) is 20.3. The Kier molecular flexibility index (Phi) is 6.65. The summed E-state index contributed by atoms with van der Waals surface area (Å²) in [4.78, 5) is 53.8. The second kappa shape index (κ2) is 9.50. The van der Waals surface area contributed by atoms with E-state index in [1.165, 1.54) is 0 Å². The number of nitrogens with zero attached hydrogens (tertiary/aromatic N) is 2. The van der Waals surface area contributed by atoms with Gasteiger partial charge in [-0.15, -0.1) is 0 Å². The van der Waals surface area contributed by atoms with Crippen molar-refractivity contribution >= 4 is 41.2 Å². The molecule has 1 atom stereocenters. The molecule has 8 nitrogen and oxygen atoms in total. The van der Waals surface area contributed by atoms with Crippen LogP contribution in [0.25, 0.3) is 0 Å². The van der Waals surface area contributed by atoms with Gasteiger partial charge < -0.3 is 15.5 Å². The van der Waals surface area contributed by atoms with Crippen LogP contribution in [0.5, 0.6) is 0 Å². The van der Waals surface area contributed by atoms with Gasteiger partial charge in [0.25, 0.3) is 11.8 Å². The summed E-state index contributed by atoms with van der Waals surface area (Å²) in [7, 11) is 0. The van der Waals surface area contributed by atoms with Crippen LogP contribution in [0.15, 0.2) is 42.5 Å². The van der Waals surface area contributed by atoms with Gasteiger partial charge in [0.2, 0.25) is 5.91 Å². The molecule has 2 fully saturated rings. The van der Waals surface area contributed by atoms with Crippen LogP contribution in [-0.2, 0) is 15.1 Å². The van der Waals surface area contributed by atoms with E-state index in [9.17, 15) is 19.2 Å². The van der Waals surface area contributed by atoms with Crippen LogP contribution in [0.1, 0.15) is 34.0 Å². The summed E-state index contributed by atoms with van der Waals surface area (Å²) in [5, 5.41) is 5.47. The average Bonchev–Trinajstić information content (AvgIpc) is 3.04. The number of imide groups is 1. The van der Waals surface area contributed by atoms with Gasteiger partial charge in [-0.2, -0.15) is 11.8 Å². The highest BCUT2D eigenvalue weighted by atomic mass is 32.2. The predicted octanol–water partition coefficient (Wildman–Crippen LogP) is 2.90. The monoisotopic (exact) mass is 480 g/mol. The van der Waals surface area contributed by atoms with Crippen LogP contribution in [0.4, 0.5) is 10.5 Å². The number of hydrogen-bond acceptors (Lipinski definition) is 5. The smallest absolute Gasteiger partial charge is 0.325 e. The number of thioether (sulfide) groups is 1. The first-order valence-corrected chi connectivity index (χ1v) is 12.3. The average molecular weight is 481 g/mol. The number of carbonyl (C=O) groups excluding carboxylic acids is 4. The number of benzene rings is 2. The third kappa shape index (κ3) is 4.65. The van der Waals surface area contributed by atoms with Crippen LogP contribution >= 0.6 is 11.8 Å². The van der Waals surface area contributed by atoms with E-state index < -0.39 is 29.9 Å². The van der Waals surface area contributed by atoms with Gasteiger partial charge in [0.15, 0.2) is 0 Å². The number of aryl methyl sites for hydroxylation is 2. The van der Waals surface area contributed by atoms with Crippen molar-refractivity contribution in [3.63, 3.8) is 0 Å². The molecule has 0 radical (unpaired) electrons. The zero-order valence-electron chi connectivity index (χ0n) is 19.5. The molecule has 2 aliphatic rings. The summed E-state index contributed by atoms with van der Waals surface area (Å²) in [6, 6.07) is 11.9. The number of urea groups is 1. The van der Waals surface area contributed by atoms with Gasteiger partial charge in [0.1, 0.15) is 12.1 Å². The molecule has 2 heterocycles. The lowest BCUT2D eigenvalue weighted by atomic mass is 9.91. The topological polar surface area (TPSA) is 98.8 Å². The lowest BCUT2D eigenvalue weighted by molar-refractivity contribution is -0.133. The third-order valence-electron chi connectivity index (χ3n) is 6.25. The van der Waals surface area contributed by atoms with E-state index in [4.69, 9.17) is 0 Å². The molecule has 2 aromatic rings. The van der Waals surface area contributed by atoms with E-state index in [1.807, 2.05) is 35.7 Å². The summed E-state index contributed by atoms with van der Waals surface area (Å²) in [6.45, 7) is 6.44. The van der Waals surface area contributed by atoms with Crippen molar-refractivity contribution in [1.82, 2.24) is 15.1 Å². The first kappa shape index (κ1) is 23.8. The van der Waals surface area contributed by atoms with Gasteiger partial charge in [-0.3, -0.25) is 19.3 Å². The molecule has 0 aliphatic carbocycles. The van der Waals surface area contributed by atoms with Crippen molar-refractivity contribution in [3.8, 4) is 0 Å². The van der Waals surface area contributed by atoms with E-state index in [2.05, 4.69) is 10.6 Å². The molecule has 34 heavy (non-hydrogen) atoms. The van der Waals surface area contributed by atoms with Gasteiger partial charge >= 0.3 is 6.03 Å². The summed E-state index contributed by atoms with van der Waals surface area (Å²) in [5.74, 6) is 0.881. The third-order valence-corrected chi connectivity index (χ3v) is 7.19. The van der Waals surface area contributed by atoms with E-state index >= 15 is 0 Å². The number of nitrogens with one attached hydrogen (secondary N) is 2. The fourth-order valence-electron chi connectivity index (χ4n) is 4.14. The molecule has 9 heteroatoms. The molecule has 178 valence electrons. The molecule has 0 spiro atoms. The highest BCUT2D eigenvalue weighted by Gasteiger charge is 2.49. The van der Waals surface area contributed by atoms with Crippen LogP contribution < -0.4 is 10.6 Å². The molecule has 0 aromatic heterocycles. The first-order chi connectivity index (χ1) is 16.2. The van der Waals surface area contributed by atoms with E-state index in [0.29, 0.717) is 16.8 Å². The molecular formula is C25H28N4O4S. The standard InChI is InChI=1S/C25H28N4O4S/c1-16-4-7-19(8-5-16)25(3)23(32)29(24(33)27-25)15-21(30)26-20-9-6-18(14-17(20)2)22(31)28-10-12-34-13-11-28/h4-9,14H,10-13,15H2,1-3H3,(H,26,30)(H,27,33). The summed E-state index contributed by atoms with van der Waals surface area (Å²) in [6.07, 6.45) is 0. The van der Waals surface area contributed by atoms with Crippen LogP contribution in [0.2, 0.25) is 0 Å². The van der Waals surface area contributed by atoms with Crippen molar-refractivity contribution in [1.29, 1.82) is 0 Å². The minimum Gasteiger partial charge on any atom is -0.337 e. The van der Waals surface area contributed by atoms with E-state index in [1.54, 1.807) is 44.2 Å². The molecule has 2 N–H and O–H groups in total. The largest absolute Gasteiger partial charge is 0.337 e. The van der Waals surface area contributed by atoms with E-state index in [0.717, 1.165) is 40.6 Å². The maximum atomic E-state index is 13.1. The molecule has 5 amide bonds. The fraction of sp³-hybridized carbons (Fsp3) is 0.360. The second-order valence-corrected chi connectivity index (χ2v) is 10.0. The van der Waals surface area contributed by atoms with Crippen molar-refractivity contribution in [3.05, 3.63) is 64.7 Å². The van der Waals surface area contributed by atoms with E-state index in [-0.39, 0.29) is 5.91 Å². The summed E-state index contributed by atoms with van der Waals surface area (Å²) >= 11 is 1.84. The number of anilines is 1. The molecule has 2 aliphatic heterocycles. The highest BCUT2D eigenvalue weighted by molar-refractivity contribution is 7.99. The van der Waals surface area contributed by atoms with Gasteiger partial charge in [-0.1, -0.05) is 29.8 Å². The van der Waals surface area contributed by atoms with Gasteiger partial charge in [-0.05, 0) is 50.1 Å². The Morgan fingerprint density at radius 3 is 2.38 bits per heavy atom. The number of amides is 5. The van der Waals surface area contributed by atoms with Crippen molar-refractivity contribution in [2.75, 3.05) is 36.5 Å². The predicted molar refractivity (Wildman–Crippen MR) is 132 cm³/mol. The Labute approximate surface area is 203 Å². The Morgan fingerprint density at radius 2 is 1.74 bits per heavy atom. The number of hydrogen-bond donors (Lipinski definition) is 2. The Morgan fingerprint density at radius 1 is 1.06 bits per heavy atom. The molecular weight excluding hydrogens is 452 g/mol. The summed E-state index contributed by atoms with van der Waals surface area (Å²) < 4.78 is 0. The molecule has 2 saturated heterocycles. The second-order valence-electron chi connectivity index (χ2n) is 8.79. The molecule has 0 bridgehead atoms. The maximum absolute atomic E-state index is 13.1. The molecule has 1 unspecified atom stereocenters. The first-order valence-electron chi connectivity index (χ1n) is 11.2. The van der Waals surface area contributed by atoms with Gasteiger partial charge in [0.05, 0.1) is 0 Å². The number of carbonyl (C=O) groups is 4. The van der Waals surface area contributed by atoms with Crippen molar-refractivity contribution < 1.29 is 19.2 Å². The lowest BCUT2D eigenvalue weighted by Gasteiger charge is -2.26. The highest BCUT2D eigenvalue weighted by Crippen LogP contribution is 2.29. The minimum absolute atomic E-state index is 0.0176. The maximum Gasteiger partial charge on any atom is 0.325 e. The zero-order chi connectivity index (χ0) is 24.5. The minimum atomic E-state index is -1.23. The number of rotatable bonds is 5. The Hall–Kier alpha value is -3.33. The van der Waals surface area contributed by atoms with Gasteiger partial charge in [0, 0.05) is 35.8 Å². The summed E-state index contributed by atoms with van der Waals surface area (Å²) in [5.41, 5.74) is 2.30. The quantitative estimate of drug-likeness (QED) is 0.642. The van der Waals surface area contributed by atoms with Crippen LogP contribution in [-0.4, -0.2) is 64.7 Å². The normalized spacial score (nSPS) is 20.3. The van der Waals surface area contributed by atoms with Crippen LogP contribution in [0.3, 0.4) is 0 Å². The molecule has 4 rings (SSSR count). The molecule has 2 aromatic carbocycles. The fourth-order valence-corrected chi connectivity index (χ4v) is 5.05. The SMILES string of the molecule is Cc1ccc(C2(C)NC(=O)N(CC(=O)Nc3ccc(C(=O)N4CCSCC4)cc3C)C2=O)cc1. The van der Waals surface area contributed by atoms with Crippen molar-refractivity contribution in [2.24, 2.45) is 0 Å². The Balaban J connectivity index is 1.42.